The van der Waals surface area contributed by atoms with E-state index in [-0.39, 0.29) is 28.4 Å². The van der Waals surface area contributed by atoms with Crippen LogP contribution in [-0.2, 0) is 12.4 Å². The molecule has 1 N–H and O–H groups in total. The van der Waals surface area contributed by atoms with E-state index in [4.69, 9.17) is 4.74 Å². The third-order valence-electron chi connectivity index (χ3n) is 4.16. The van der Waals surface area contributed by atoms with Crippen LogP contribution in [0.1, 0.15) is 21.5 Å². The molecule has 0 atom stereocenters. The second-order valence-corrected chi connectivity index (χ2v) is 6.20. The molecule has 0 aliphatic rings. The van der Waals surface area contributed by atoms with Crippen LogP contribution >= 0.6 is 0 Å². The molecule has 0 aliphatic heterocycles. The molecule has 0 saturated carbocycles. The number of benzene rings is 1. The third-order valence-corrected chi connectivity index (χ3v) is 4.16. The van der Waals surface area contributed by atoms with Crippen LogP contribution in [0.25, 0.3) is 11.3 Å². The van der Waals surface area contributed by atoms with Crippen LogP contribution in [0.5, 0.6) is 5.75 Å². The van der Waals surface area contributed by atoms with Crippen molar-refractivity contribution in [3.63, 3.8) is 0 Å². The highest BCUT2D eigenvalue weighted by molar-refractivity contribution is 6.04. The van der Waals surface area contributed by atoms with Gasteiger partial charge in [0.1, 0.15) is 11.6 Å². The largest absolute Gasteiger partial charge is 0.496 e. The molecule has 0 saturated heterocycles. The molecule has 0 spiro atoms. The zero-order valence-corrected chi connectivity index (χ0v) is 15.7. The van der Waals surface area contributed by atoms with Gasteiger partial charge in [0.05, 0.1) is 23.9 Å². The number of hydrogen-bond donors (Lipinski definition) is 1. The first-order chi connectivity index (χ1) is 14.5. The van der Waals surface area contributed by atoms with Crippen molar-refractivity contribution in [2.24, 2.45) is 0 Å². The van der Waals surface area contributed by atoms with Crippen molar-refractivity contribution in [1.29, 1.82) is 0 Å². The van der Waals surface area contributed by atoms with Gasteiger partial charge in [-0.15, -0.1) is 0 Å². The van der Waals surface area contributed by atoms with Crippen LogP contribution in [0.4, 0.5) is 32.2 Å². The minimum Gasteiger partial charge on any atom is -0.496 e. The summed E-state index contributed by atoms with van der Waals surface area (Å²) in [6, 6.07) is 7.44. The average molecular weight is 441 g/mol. The fourth-order valence-corrected chi connectivity index (χ4v) is 2.70. The van der Waals surface area contributed by atoms with Gasteiger partial charge < -0.3 is 10.1 Å². The van der Waals surface area contributed by atoms with Crippen molar-refractivity contribution in [3.05, 3.63) is 71.5 Å². The summed E-state index contributed by atoms with van der Waals surface area (Å²) in [6.07, 6.45) is -7.46. The average Bonchev–Trinajstić information content (AvgIpc) is 2.72. The molecule has 0 fully saturated rings. The van der Waals surface area contributed by atoms with E-state index in [1.165, 1.54) is 31.5 Å². The van der Waals surface area contributed by atoms with E-state index in [9.17, 15) is 31.1 Å². The highest BCUT2D eigenvalue weighted by Crippen LogP contribution is 2.39. The standard InChI is InChI=1S/C20H13F6N3O2/c1-31-15-9-11(18(30)29-16-7-5-12(10-28-16)19(21,22)23)4-6-13(15)17-14(20(24,25)26)3-2-8-27-17/h2-10H,1H3,(H,28,29,30). The monoisotopic (exact) mass is 441 g/mol. The number of anilines is 1. The lowest BCUT2D eigenvalue weighted by molar-refractivity contribution is -0.138. The maximum Gasteiger partial charge on any atom is 0.418 e. The molecule has 11 heteroatoms. The number of pyridine rings is 2. The Kier molecular flexibility index (Phi) is 5.87. The molecule has 162 valence electrons. The molecule has 0 bridgehead atoms. The zero-order valence-electron chi connectivity index (χ0n) is 15.7. The summed E-state index contributed by atoms with van der Waals surface area (Å²) >= 11 is 0. The van der Waals surface area contributed by atoms with E-state index < -0.39 is 29.4 Å². The van der Waals surface area contributed by atoms with Gasteiger partial charge in [-0.05, 0) is 42.5 Å². The Labute approximate surface area is 171 Å². The van der Waals surface area contributed by atoms with Gasteiger partial charge in [0.2, 0.25) is 0 Å². The van der Waals surface area contributed by atoms with Crippen LogP contribution in [0, 0.1) is 0 Å². The molecule has 2 heterocycles. The summed E-state index contributed by atoms with van der Waals surface area (Å²) in [7, 11) is 1.22. The SMILES string of the molecule is COc1cc(C(=O)Nc2ccc(C(F)(F)F)cn2)ccc1-c1ncccc1C(F)(F)F. The minimum atomic E-state index is -4.65. The lowest BCUT2D eigenvalue weighted by Gasteiger charge is -2.15. The molecular formula is C20H13F6N3O2. The quantitative estimate of drug-likeness (QED) is 0.548. The van der Waals surface area contributed by atoms with Gasteiger partial charge in [-0.1, -0.05) is 0 Å². The minimum absolute atomic E-state index is 0.00760. The number of amides is 1. The predicted octanol–water partition coefficient (Wildman–Crippen LogP) is 5.44. The van der Waals surface area contributed by atoms with Crippen molar-refractivity contribution in [1.82, 2.24) is 9.97 Å². The molecule has 1 aromatic carbocycles. The number of rotatable bonds is 4. The van der Waals surface area contributed by atoms with E-state index in [0.29, 0.717) is 6.20 Å². The number of carbonyl (C=O) groups excluding carboxylic acids is 1. The third kappa shape index (κ3) is 4.93. The van der Waals surface area contributed by atoms with Crippen LogP contribution in [0.2, 0.25) is 0 Å². The van der Waals surface area contributed by atoms with Crippen molar-refractivity contribution in [2.75, 3.05) is 12.4 Å². The predicted molar refractivity (Wildman–Crippen MR) is 98.4 cm³/mol. The Morgan fingerprint density at radius 2 is 1.71 bits per heavy atom. The molecule has 0 unspecified atom stereocenters. The van der Waals surface area contributed by atoms with Crippen molar-refractivity contribution < 1.29 is 35.9 Å². The fourth-order valence-electron chi connectivity index (χ4n) is 2.70. The van der Waals surface area contributed by atoms with Gasteiger partial charge in [-0.3, -0.25) is 9.78 Å². The van der Waals surface area contributed by atoms with Crippen molar-refractivity contribution >= 4 is 11.7 Å². The number of carbonyl (C=O) groups is 1. The number of nitrogens with one attached hydrogen (secondary N) is 1. The number of nitrogens with zero attached hydrogens (tertiary/aromatic N) is 2. The van der Waals surface area contributed by atoms with E-state index in [2.05, 4.69) is 15.3 Å². The highest BCUT2D eigenvalue weighted by atomic mass is 19.4. The summed E-state index contributed by atoms with van der Waals surface area (Å²) in [4.78, 5) is 19.7. The number of hydrogen-bond acceptors (Lipinski definition) is 4. The summed E-state index contributed by atoms with van der Waals surface area (Å²) in [5.74, 6) is -0.920. The molecule has 2 aromatic heterocycles. The van der Waals surface area contributed by atoms with Gasteiger partial charge >= 0.3 is 12.4 Å². The van der Waals surface area contributed by atoms with Crippen molar-refractivity contribution in [2.45, 2.75) is 12.4 Å². The Morgan fingerprint density at radius 1 is 0.968 bits per heavy atom. The first-order valence-electron chi connectivity index (χ1n) is 8.56. The molecule has 1 amide bonds. The van der Waals surface area contributed by atoms with Gasteiger partial charge in [0.15, 0.2) is 0 Å². The molecule has 0 aliphatic carbocycles. The Morgan fingerprint density at radius 3 is 2.29 bits per heavy atom. The van der Waals surface area contributed by atoms with Crippen LogP contribution in [0.15, 0.2) is 54.9 Å². The van der Waals surface area contributed by atoms with E-state index in [1.54, 1.807) is 0 Å². The maximum absolute atomic E-state index is 13.3. The summed E-state index contributed by atoms with van der Waals surface area (Å²) in [6.45, 7) is 0. The lowest BCUT2D eigenvalue weighted by Crippen LogP contribution is -2.14. The van der Waals surface area contributed by atoms with Gasteiger partial charge in [-0.2, -0.15) is 26.3 Å². The first-order valence-corrected chi connectivity index (χ1v) is 8.56. The molecule has 3 aromatic rings. The topological polar surface area (TPSA) is 64.1 Å². The maximum atomic E-state index is 13.3. The molecule has 5 nitrogen and oxygen atoms in total. The second-order valence-electron chi connectivity index (χ2n) is 6.20. The summed E-state index contributed by atoms with van der Waals surface area (Å²) in [5, 5.41) is 2.31. The van der Waals surface area contributed by atoms with Crippen LogP contribution in [0.3, 0.4) is 0 Å². The zero-order chi connectivity index (χ0) is 22.8. The number of methoxy groups -OCH3 is 1. The van der Waals surface area contributed by atoms with Gasteiger partial charge in [-0.25, -0.2) is 4.98 Å². The number of halogens is 6. The van der Waals surface area contributed by atoms with Crippen LogP contribution < -0.4 is 10.1 Å². The first kappa shape index (κ1) is 22.1. The Balaban J connectivity index is 1.89. The molecule has 31 heavy (non-hydrogen) atoms. The molecule has 0 radical (unpaired) electrons. The van der Waals surface area contributed by atoms with Crippen LogP contribution in [-0.4, -0.2) is 23.0 Å². The molecular weight excluding hydrogens is 428 g/mol. The Hall–Kier alpha value is -3.63. The smallest absolute Gasteiger partial charge is 0.418 e. The normalized spacial score (nSPS) is 11.8. The Bertz CT molecular complexity index is 1100. The van der Waals surface area contributed by atoms with E-state index >= 15 is 0 Å². The molecule has 3 rings (SSSR count). The van der Waals surface area contributed by atoms with E-state index in [0.717, 1.165) is 24.3 Å². The summed E-state index contributed by atoms with van der Waals surface area (Å²) < 4.78 is 82.8. The highest BCUT2D eigenvalue weighted by Gasteiger charge is 2.35. The number of alkyl halides is 6. The summed E-state index contributed by atoms with van der Waals surface area (Å²) in [5.41, 5.74) is -2.32. The number of ether oxygens (including phenoxy) is 1. The lowest BCUT2D eigenvalue weighted by atomic mass is 10.0. The van der Waals surface area contributed by atoms with Gasteiger partial charge in [0, 0.05) is 23.5 Å². The fraction of sp³-hybridized carbons (Fsp3) is 0.150. The van der Waals surface area contributed by atoms with E-state index in [1.807, 2.05) is 0 Å². The number of aromatic nitrogens is 2. The second kappa shape index (κ2) is 8.25. The van der Waals surface area contributed by atoms with Crippen molar-refractivity contribution in [3.8, 4) is 17.0 Å². The van der Waals surface area contributed by atoms with Gasteiger partial charge in [0.25, 0.3) is 5.91 Å².